The van der Waals surface area contributed by atoms with Crippen molar-refractivity contribution in [3.63, 3.8) is 0 Å². The Morgan fingerprint density at radius 3 is 2.25 bits per heavy atom. The maximum atomic E-state index is 12.3. The molecule has 2 aliphatic rings. The molecule has 0 spiro atoms. The molecule has 150 valence electrons. The monoisotopic (exact) mass is 379 g/mol. The summed E-state index contributed by atoms with van der Waals surface area (Å²) < 4.78 is 2.24. The van der Waals surface area contributed by atoms with Crippen molar-refractivity contribution in [3.05, 3.63) is 46.8 Å². The molecule has 28 heavy (non-hydrogen) atoms. The summed E-state index contributed by atoms with van der Waals surface area (Å²) in [5.41, 5.74) is 8.33. The predicted molar refractivity (Wildman–Crippen MR) is 119 cm³/mol. The van der Waals surface area contributed by atoms with Gasteiger partial charge >= 0.3 is 0 Å². The minimum atomic E-state index is -0.238. The van der Waals surface area contributed by atoms with Gasteiger partial charge in [0.1, 0.15) is 5.82 Å². The molecule has 4 heteroatoms. The molecular formula is C24H33N3O. The van der Waals surface area contributed by atoms with Crippen LogP contribution in [0.5, 0.6) is 0 Å². The summed E-state index contributed by atoms with van der Waals surface area (Å²) in [6, 6.07) is 12.0. The second-order valence-electron chi connectivity index (χ2n) is 7.82. The van der Waals surface area contributed by atoms with E-state index in [1.54, 1.807) is 0 Å². The molecule has 1 aromatic carbocycles. The summed E-state index contributed by atoms with van der Waals surface area (Å²) in [6.45, 7) is 3.16. The van der Waals surface area contributed by atoms with E-state index in [2.05, 4.69) is 28.6 Å². The van der Waals surface area contributed by atoms with Gasteiger partial charge in [-0.25, -0.2) is 0 Å². The second-order valence-corrected chi connectivity index (χ2v) is 7.82. The topological polar surface area (TPSA) is 60.9 Å². The van der Waals surface area contributed by atoms with Gasteiger partial charge in [-0.1, -0.05) is 82.9 Å². The van der Waals surface area contributed by atoms with E-state index in [9.17, 15) is 4.79 Å². The van der Waals surface area contributed by atoms with Crippen LogP contribution in [0, 0.1) is 0 Å². The van der Waals surface area contributed by atoms with Gasteiger partial charge in [-0.05, 0) is 23.9 Å². The maximum Gasteiger partial charge on any atom is 0.281 e. The van der Waals surface area contributed by atoms with Gasteiger partial charge in [-0.3, -0.25) is 4.79 Å². The highest BCUT2D eigenvalue weighted by atomic mass is 16.1. The Kier molecular flexibility index (Phi) is 7.46. The Morgan fingerprint density at radius 2 is 1.54 bits per heavy atom. The van der Waals surface area contributed by atoms with Crippen LogP contribution in [0.25, 0.3) is 22.2 Å². The van der Waals surface area contributed by atoms with Crippen molar-refractivity contribution in [1.29, 1.82) is 0 Å². The lowest BCUT2D eigenvalue weighted by molar-refractivity contribution is 0.539. The molecule has 0 radical (unpaired) electrons. The molecular weight excluding hydrogens is 346 g/mol. The molecule has 2 aliphatic heterocycles. The van der Waals surface area contributed by atoms with Crippen LogP contribution in [0.15, 0.2) is 41.2 Å². The van der Waals surface area contributed by atoms with Crippen LogP contribution < -0.4 is 11.3 Å². The first-order valence-electron chi connectivity index (χ1n) is 10.9. The maximum absolute atomic E-state index is 12.3. The van der Waals surface area contributed by atoms with Gasteiger partial charge in [0.05, 0.1) is 11.3 Å². The SMILES string of the molecule is CCCCCCCCCCCCn1c2cc(N)nc(=O)c-2cc2ccccc21. The van der Waals surface area contributed by atoms with Crippen LogP contribution in [0.3, 0.4) is 0 Å². The average molecular weight is 380 g/mol. The number of rotatable bonds is 11. The van der Waals surface area contributed by atoms with Crippen LogP contribution in [0.4, 0.5) is 5.82 Å². The molecule has 0 unspecified atom stereocenters. The molecule has 0 saturated carbocycles. The fourth-order valence-electron chi connectivity index (χ4n) is 4.04. The molecule has 2 heterocycles. The Hall–Kier alpha value is -2.36. The minimum Gasteiger partial charge on any atom is -0.384 e. The highest BCUT2D eigenvalue weighted by Gasteiger charge is 2.15. The average Bonchev–Trinajstić information content (AvgIpc) is 2.69. The Morgan fingerprint density at radius 1 is 0.893 bits per heavy atom. The largest absolute Gasteiger partial charge is 0.384 e. The van der Waals surface area contributed by atoms with Crippen molar-refractivity contribution in [2.24, 2.45) is 0 Å². The molecule has 0 aromatic heterocycles. The highest BCUT2D eigenvalue weighted by molar-refractivity contribution is 5.86. The van der Waals surface area contributed by atoms with Crippen LogP contribution in [-0.2, 0) is 6.54 Å². The molecule has 0 fully saturated rings. The number of anilines is 1. The summed E-state index contributed by atoms with van der Waals surface area (Å²) in [5, 5.41) is 1.07. The van der Waals surface area contributed by atoms with Gasteiger partial charge in [0.25, 0.3) is 5.56 Å². The number of benzene rings is 1. The third-order valence-electron chi connectivity index (χ3n) is 5.58. The van der Waals surface area contributed by atoms with Gasteiger partial charge in [-0.15, -0.1) is 0 Å². The summed E-state index contributed by atoms with van der Waals surface area (Å²) in [5.74, 6) is 0.296. The first-order valence-corrected chi connectivity index (χ1v) is 10.9. The number of fused-ring (bicyclic) bond motifs is 2. The van der Waals surface area contributed by atoms with Gasteiger partial charge in [-0.2, -0.15) is 4.98 Å². The Balaban J connectivity index is 1.61. The van der Waals surface area contributed by atoms with Crippen molar-refractivity contribution in [2.75, 3.05) is 5.73 Å². The van der Waals surface area contributed by atoms with Gasteiger partial charge in [0, 0.05) is 18.1 Å². The first kappa shape index (κ1) is 20.4. The number of aromatic nitrogens is 2. The number of nitrogens with zero attached hydrogens (tertiary/aromatic N) is 2. The van der Waals surface area contributed by atoms with Crippen LogP contribution in [0.2, 0.25) is 0 Å². The number of nitrogen functional groups attached to an aromatic ring is 1. The van der Waals surface area contributed by atoms with E-state index in [1.165, 1.54) is 57.8 Å². The molecule has 2 N–H and O–H groups in total. The number of hydrogen-bond acceptors (Lipinski definition) is 3. The number of hydrogen-bond donors (Lipinski definition) is 1. The predicted octanol–water partition coefficient (Wildman–Crippen LogP) is 6.00. The molecule has 0 bridgehead atoms. The lowest BCUT2D eigenvalue weighted by atomic mass is 10.0. The standard InChI is InChI=1S/C24H33N3O/c1-2-3-4-5-6-7-8-9-10-13-16-27-21-15-12-11-14-19(21)17-20-22(27)18-23(25)26-24(20)28/h11-12,14-15,17-18H,2-10,13,16H2,1H3,(H2,25,26,28). The molecule has 0 aliphatic carbocycles. The summed E-state index contributed by atoms with van der Waals surface area (Å²) >= 11 is 0. The van der Waals surface area contributed by atoms with Crippen molar-refractivity contribution in [3.8, 4) is 11.3 Å². The third kappa shape index (κ3) is 5.12. The molecule has 0 amide bonds. The zero-order chi connectivity index (χ0) is 19.8. The van der Waals surface area contributed by atoms with Crippen LogP contribution in [-0.4, -0.2) is 9.55 Å². The number of unbranched alkanes of at least 4 members (excludes halogenated alkanes) is 9. The normalized spacial score (nSPS) is 11.5. The zero-order valence-electron chi connectivity index (χ0n) is 17.1. The third-order valence-corrected chi connectivity index (χ3v) is 5.58. The first-order chi connectivity index (χ1) is 13.7. The lowest BCUT2D eigenvalue weighted by Crippen LogP contribution is -2.17. The Bertz CT molecular complexity index is 915. The van der Waals surface area contributed by atoms with Crippen LogP contribution in [0.1, 0.15) is 71.1 Å². The van der Waals surface area contributed by atoms with Crippen molar-refractivity contribution >= 4 is 16.7 Å². The summed E-state index contributed by atoms with van der Waals surface area (Å²) in [7, 11) is 0. The van der Waals surface area contributed by atoms with E-state index in [4.69, 9.17) is 5.73 Å². The number of nitrogens with two attached hydrogens (primary N) is 1. The van der Waals surface area contributed by atoms with Crippen molar-refractivity contribution in [1.82, 2.24) is 9.55 Å². The molecule has 4 nitrogen and oxygen atoms in total. The quantitative estimate of drug-likeness (QED) is 0.328. The van der Waals surface area contributed by atoms with E-state index in [-0.39, 0.29) is 5.56 Å². The van der Waals surface area contributed by atoms with Crippen LogP contribution >= 0.6 is 0 Å². The number of para-hydroxylation sites is 1. The van der Waals surface area contributed by atoms with Gasteiger partial charge < -0.3 is 10.3 Å². The van der Waals surface area contributed by atoms with E-state index in [1.807, 2.05) is 24.3 Å². The number of aryl methyl sites for hydroxylation is 1. The van der Waals surface area contributed by atoms with Gasteiger partial charge in [0.2, 0.25) is 0 Å². The summed E-state index contributed by atoms with van der Waals surface area (Å²) in [6.07, 6.45) is 13.1. The van der Waals surface area contributed by atoms with E-state index < -0.39 is 0 Å². The molecule has 3 rings (SSSR count). The molecule has 0 saturated heterocycles. The zero-order valence-corrected chi connectivity index (χ0v) is 17.1. The lowest BCUT2D eigenvalue weighted by Gasteiger charge is -2.19. The van der Waals surface area contributed by atoms with Crippen molar-refractivity contribution in [2.45, 2.75) is 77.7 Å². The Labute approximate surface area is 168 Å². The van der Waals surface area contributed by atoms with E-state index in [0.717, 1.165) is 29.6 Å². The fourth-order valence-corrected chi connectivity index (χ4v) is 4.04. The smallest absolute Gasteiger partial charge is 0.281 e. The molecule has 0 atom stereocenters. The second kappa shape index (κ2) is 10.3. The fraction of sp³-hybridized carbons (Fsp3) is 0.500. The summed E-state index contributed by atoms with van der Waals surface area (Å²) in [4.78, 5) is 16.2. The van der Waals surface area contributed by atoms with Gasteiger partial charge in [0.15, 0.2) is 0 Å². The van der Waals surface area contributed by atoms with Crippen molar-refractivity contribution < 1.29 is 0 Å². The van der Waals surface area contributed by atoms with E-state index in [0.29, 0.717) is 11.4 Å². The highest BCUT2D eigenvalue weighted by Crippen LogP contribution is 2.27. The molecule has 1 aromatic rings. The minimum absolute atomic E-state index is 0.238. The van der Waals surface area contributed by atoms with E-state index >= 15 is 0 Å². The number of pyridine rings is 2.